The van der Waals surface area contributed by atoms with Crippen LogP contribution in [0.25, 0.3) is 21.9 Å². The molecule has 5 rings (SSSR count). The van der Waals surface area contributed by atoms with Crippen molar-refractivity contribution in [3.63, 3.8) is 0 Å². The van der Waals surface area contributed by atoms with E-state index in [1.165, 1.54) is 16.7 Å². The zero-order valence-electron chi connectivity index (χ0n) is 19.7. The predicted octanol–water partition coefficient (Wildman–Crippen LogP) is 6.97. The number of aryl methyl sites for hydroxylation is 4. The van der Waals surface area contributed by atoms with Crippen LogP contribution in [-0.4, -0.2) is 10.2 Å². The van der Waals surface area contributed by atoms with Crippen LogP contribution in [0.2, 0.25) is 0 Å². The molecular weight excluding hydrogens is 392 g/mol. The molecule has 0 radical (unpaired) electrons. The number of benzene rings is 4. The Balaban J connectivity index is 2.04. The van der Waals surface area contributed by atoms with E-state index < -0.39 is 11.0 Å². The minimum Gasteiger partial charge on any atom is -0.507 e. The van der Waals surface area contributed by atoms with Gasteiger partial charge in [0, 0.05) is 16.4 Å². The summed E-state index contributed by atoms with van der Waals surface area (Å²) in [6, 6.07) is 20.4. The average Bonchev–Trinajstić information content (AvgIpc) is 2.76. The first-order valence-electron chi connectivity index (χ1n) is 11.2. The molecule has 1 aliphatic carbocycles. The van der Waals surface area contributed by atoms with Crippen LogP contribution in [0, 0.1) is 27.7 Å². The van der Waals surface area contributed by atoms with Gasteiger partial charge in [0.15, 0.2) is 0 Å². The van der Waals surface area contributed by atoms with Gasteiger partial charge in [-0.1, -0.05) is 62.4 Å². The summed E-state index contributed by atoms with van der Waals surface area (Å²) in [4.78, 5) is 0. The molecule has 0 aliphatic heterocycles. The highest BCUT2D eigenvalue weighted by molar-refractivity contribution is 6.04. The summed E-state index contributed by atoms with van der Waals surface area (Å²) in [6.45, 7) is 12.7. The van der Waals surface area contributed by atoms with E-state index in [1.807, 2.05) is 30.3 Å². The Bertz CT molecular complexity index is 1400. The summed E-state index contributed by atoms with van der Waals surface area (Å²) in [6.07, 6.45) is 0. The lowest BCUT2D eigenvalue weighted by atomic mass is 9.57. The molecule has 0 amide bonds. The molecule has 1 atom stereocenters. The zero-order valence-corrected chi connectivity index (χ0v) is 19.7. The van der Waals surface area contributed by atoms with Crippen LogP contribution in [-0.2, 0) is 11.0 Å². The first-order chi connectivity index (χ1) is 15.1. The van der Waals surface area contributed by atoms with Gasteiger partial charge in [0.25, 0.3) is 0 Å². The molecule has 1 unspecified atom stereocenters. The van der Waals surface area contributed by atoms with Crippen LogP contribution in [0.1, 0.15) is 52.8 Å². The summed E-state index contributed by atoms with van der Waals surface area (Å²) in [5, 5.41) is 25.6. The molecule has 0 saturated carbocycles. The molecule has 1 aliphatic rings. The summed E-state index contributed by atoms with van der Waals surface area (Å²) in [7, 11) is 0. The molecule has 0 heterocycles. The molecule has 4 aromatic rings. The highest BCUT2D eigenvalue weighted by Crippen LogP contribution is 2.58. The molecule has 4 aromatic carbocycles. The van der Waals surface area contributed by atoms with E-state index in [1.54, 1.807) is 6.07 Å². The van der Waals surface area contributed by atoms with Crippen molar-refractivity contribution >= 4 is 10.8 Å². The van der Waals surface area contributed by atoms with Crippen molar-refractivity contribution in [1.82, 2.24) is 0 Å². The standard InChI is InChI=1S/C30H30O2/c1-17-12-22-23(13-18(17)2)28-24-14-19(3)20(4)15-25(24)29(5,6)30(32,26(28)16-27(22)31)21-10-8-7-9-11-21/h7-16,31-32H,1-6H3. The Labute approximate surface area is 190 Å². The Morgan fingerprint density at radius 3 is 1.88 bits per heavy atom. The van der Waals surface area contributed by atoms with Gasteiger partial charge < -0.3 is 10.2 Å². The van der Waals surface area contributed by atoms with Crippen molar-refractivity contribution in [2.75, 3.05) is 0 Å². The number of aliphatic hydroxyl groups is 1. The molecule has 162 valence electrons. The van der Waals surface area contributed by atoms with E-state index in [2.05, 4.69) is 65.8 Å². The molecular formula is C30H30O2. The van der Waals surface area contributed by atoms with Gasteiger partial charge in [0.2, 0.25) is 0 Å². The number of rotatable bonds is 1. The predicted molar refractivity (Wildman–Crippen MR) is 132 cm³/mol. The maximum atomic E-state index is 12.6. The molecule has 0 saturated heterocycles. The first kappa shape index (κ1) is 20.8. The fourth-order valence-electron chi connectivity index (χ4n) is 5.51. The minimum absolute atomic E-state index is 0.208. The third kappa shape index (κ3) is 2.56. The smallest absolute Gasteiger partial charge is 0.124 e. The average molecular weight is 423 g/mol. The summed E-state index contributed by atoms with van der Waals surface area (Å²) >= 11 is 0. The maximum absolute atomic E-state index is 12.6. The second kappa shape index (κ2) is 6.70. The number of fused-ring (bicyclic) bond motifs is 5. The number of phenolic OH excluding ortho intramolecular Hbond substituents is 1. The quantitative estimate of drug-likeness (QED) is 0.348. The second-order valence-corrected chi connectivity index (χ2v) is 9.98. The lowest BCUT2D eigenvalue weighted by Gasteiger charge is -2.49. The van der Waals surface area contributed by atoms with E-state index in [4.69, 9.17) is 0 Å². The lowest BCUT2D eigenvalue weighted by molar-refractivity contribution is 0.00672. The van der Waals surface area contributed by atoms with Crippen molar-refractivity contribution in [2.24, 2.45) is 0 Å². The van der Waals surface area contributed by atoms with Crippen LogP contribution in [0.4, 0.5) is 0 Å². The van der Waals surface area contributed by atoms with Crippen molar-refractivity contribution in [3.8, 4) is 16.9 Å². The third-order valence-corrected chi connectivity index (χ3v) is 7.79. The molecule has 2 nitrogen and oxygen atoms in total. The number of hydrogen-bond donors (Lipinski definition) is 2. The number of aromatic hydroxyl groups is 1. The van der Waals surface area contributed by atoms with Gasteiger partial charge in [-0.05, 0) is 89.7 Å². The van der Waals surface area contributed by atoms with Crippen molar-refractivity contribution in [1.29, 1.82) is 0 Å². The molecule has 0 spiro atoms. The van der Waals surface area contributed by atoms with Crippen molar-refractivity contribution in [2.45, 2.75) is 52.6 Å². The van der Waals surface area contributed by atoms with E-state index in [-0.39, 0.29) is 5.75 Å². The Hall–Kier alpha value is -3.10. The van der Waals surface area contributed by atoms with Crippen LogP contribution in [0.15, 0.2) is 60.7 Å². The van der Waals surface area contributed by atoms with Crippen LogP contribution >= 0.6 is 0 Å². The van der Waals surface area contributed by atoms with Crippen molar-refractivity contribution < 1.29 is 10.2 Å². The van der Waals surface area contributed by atoms with Gasteiger partial charge in [-0.3, -0.25) is 0 Å². The zero-order chi connectivity index (χ0) is 23.0. The van der Waals surface area contributed by atoms with Crippen LogP contribution in [0.5, 0.6) is 5.75 Å². The summed E-state index contributed by atoms with van der Waals surface area (Å²) in [5.74, 6) is 0.208. The van der Waals surface area contributed by atoms with Crippen molar-refractivity contribution in [3.05, 3.63) is 99.6 Å². The van der Waals surface area contributed by atoms with Gasteiger partial charge in [-0.15, -0.1) is 0 Å². The highest BCUT2D eigenvalue weighted by atomic mass is 16.3. The maximum Gasteiger partial charge on any atom is 0.124 e. The van der Waals surface area contributed by atoms with E-state index in [0.717, 1.165) is 44.2 Å². The summed E-state index contributed by atoms with van der Waals surface area (Å²) in [5.41, 5.74) is 7.71. The largest absolute Gasteiger partial charge is 0.507 e. The van der Waals surface area contributed by atoms with Gasteiger partial charge >= 0.3 is 0 Å². The molecule has 0 aromatic heterocycles. The lowest BCUT2D eigenvalue weighted by Crippen LogP contribution is -2.49. The fraction of sp³-hybridized carbons (Fsp3) is 0.267. The van der Waals surface area contributed by atoms with Crippen LogP contribution in [0.3, 0.4) is 0 Å². The molecule has 2 heteroatoms. The van der Waals surface area contributed by atoms with E-state index in [0.29, 0.717) is 0 Å². The normalized spacial score (nSPS) is 19.0. The summed E-state index contributed by atoms with van der Waals surface area (Å²) < 4.78 is 0. The van der Waals surface area contributed by atoms with Gasteiger partial charge in [0.05, 0.1) is 0 Å². The third-order valence-electron chi connectivity index (χ3n) is 7.79. The van der Waals surface area contributed by atoms with E-state index in [9.17, 15) is 10.2 Å². The number of hydrogen-bond acceptors (Lipinski definition) is 2. The van der Waals surface area contributed by atoms with E-state index >= 15 is 0 Å². The molecule has 0 bridgehead atoms. The molecule has 0 fully saturated rings. The Morgan fingerprint density at radius 1 is 0.656 bits per heavy atom. The molecule has 32 heavy (non-hydrogen) atoms. The van der Waals surface area contributed by atoms with Crippen LogP contribution < -0.4 is 0 Å². The first-order valence-corrected chi connectivity index (χ1v) is 11.2. The second-order valence-electron chi connectivity index (χ2n) is 9.98. The highest BCUT2D eigenvalue weighted by Gasteiger charge is 2.53. The molecule has 2 N–H and O–H groups in total. The Kier molecular flexibility index (Phi) is 4.35. The number of phenols is 1. The minimum atomic E-state index is -1.30. The monoisotopic (exact) mass is 422 g/mol. The topological polar surface area (TPSA) is 40.5 Å². The fourth-order valence-corrected chi connectivity index (χ4v) is 5.51. The SMILES string of the molecule is Cc1cc2c(cc1C)C(C)(C)C(O)(c1ccccc1)c1cc(O)c3cc(C)c(C)cc3c1-2. The van der Waals surface area contributed by atoms with Gasteiger partial charge in [-0.25, -0.2) is 0 Å². The van der Waals surface area contributed by atoms with Gasteiger partial charge in [-0.2, -0.15) is 0 Å². The van der Waals surface area contributed by atoms with Gasteiger partial charge in [0.1, 0.15) is 11.4 Å². The Morgan fingerprint density at radius 2 is 1.22 bits per heavy atom.